The Morgan fingerprint density at radius 2 is 2.27 bits per heavy atom. The quantitative estimate of drug-likeness (QED) is 0.540. The van der Waals surface area contributed by atoms with Crippen molar-refractivity contribution >= 4 is 5.97 Å². The molecule has 0 spiro atoms. The average Bonchev–Trinajstić information content (AvgIpc) is 1.83. The van der Waals surface area contributed by atoms with Crippen molar-refractivity contribution in [3.63, 3.8) is 0 Å². The fourth-order valence-electron chi connectivity index (χ4n) is 1.33. The molecule has 2 heteroatoms. The van der Waals surface area contributed by atoms with E-state index in [-0.39, 0.29) is 11.6 Å². The van der Waals surface area contributed by atoms with Crippen LogP contribution in [0.3, 0.4) is 0 Å². The van der Waals surface area contributed by atoms with Gasteiger partial charge in [-0.25, -0.2) is 4.79 Å². The smallest absolute Gasteiger partial charge is 0.331 e. The van der Waals surface area contributed by atoms with E-state index in [1.807, 2.05) is 13.8 Å². The van der Waals surface area contributed by atoms with Crippen LogP contribution in [0.1, 0.15) is 33.6 Å². The summed E-state index contributed by atoms with van der Waals surface area (Å²) in [6.07, 6.45) is 3.42. The first kappa shape index (κ1) is 8.31. The summed E-state index contributed by atoms with van der Waals surface area (Å²) in [7, 11) is 0. The Morgan fingerprint density at radius 1 is 1.64 bits per heavy atom. The normalized spacial score (nSPS) is 22.5. The molecular formula is C9H14O2. The minimum Gasteiger partial charge on any atom is -0.456 e. The summed E-state index contributed by atoms with van der Waals surface area (Å²) in [5, 5.41) is 0. The maximum absolute atomic E-state index is 10.9. The Balaban J connectivity index is 2.78. The number of cyclic esters (lactones) is 1. The molecule has 1 aliphatic rings. The highest BCUT2D eigenvalue weighted by molar-refractivity contribution is 5.84. The molecular weight excluding hydrogens is 140 g/mol. The van der Waals surface area contributed by atoms with E-state index in [4.69, 9.17) is 4.74 Å². The standard InChI is InChI=1S/C9H14O2/c1-4-7-5-8(10)11-9(2,3)6-7/h5H,4,6H2,1-3H3. The van der Waals surface area contributed by atoms with E-state index in [0.717, 1.165) is 12.8 Å². The Morgan fingerprint density at radius 3 is 2.73 bits per heavy atom. The van der Waals surface area contributed by atoms with Crippen LogP contribution in [0.4, 0.5) is 0 Å². The number of hydrogen-bond donors (Lipinski definition) is 0. The van der Waals surface area contributed by atoms with Gasteiger partial charge in [-0.3, -0.25) is 0 Å². The van der Waals surface area contributed by atoms with Crippen molar-refractivity contribution in [1.29, 1.82) is 0 Å². The van der Waals surface area contributed by atoms with E-state index >= 15 is 0 Å². The van der Waals surface area contributed by atoms with Crippen LogP contribution in [0.5, 0.6) is 0 Å². The van der Waals surface area contributed by atoms with Crippen LogP contribution in [0.2, 0.25) is 0 Å². The van der Waals surface area contributed by atoms with E-state index in [1.54, 1.807) is 6.08 Å². The van der Waals surface area contributed by atoms with E-state index < -0.39 is 0 Å². The molecule has 1 heterocycles. The van der Waals surface area contributed by atoms with Gasteiger partial charge in [0.25, 0.3) is 0 Å². The van der Waals surface area contributed by atoms with Gasteiger partial charge in [0.15, 0.2) is 0 Å². The molecule has 0 saturated carbocycles. The van der Waals surface area contributed by atoms with E-state index in [2.05, 4.69) is 6.92 Å². The highest BCUT2D eigenvalue weighted by atomic mass is 16.6. The predicted octanol–water partition coefficient (Wildman–Crippen LogP) is 2.05. The topological polar surface area (TPSA) is 26.3 Å². The second-order valence-electron chi connectivity index (χ2n) is 3.51. The summed E-state index contributed by atoms with van der Waals surface area (Å²) in [6, 6.07) is 0. The highest BCUT2D eigenvalue weighted by Gasteiger charge is 2.27. The maximum atomic E-state index is 10.9. The van der Waals surface area contributed by atoms with Crippen LogP contribution < -0.4 is 0 Å². The largest absolute Gasteiger partial charge is 0.456 e. The minimum absolute atomic E-state index is 0.196. The summed E-state index contributed by atoms with van der Waals surface area (Å²) in [5.74, 6) is -0.196. The fraction of sp³-hybridized carbons (Fsp3) is 0.667. The molecule has 0 aromatic heterocycles. The molecule has 0 aromatic carbocycles. The fourth-order valence-corrected chi connectivity index (χ4v) is 1.33. The molecule has 0 aromatic rings. The molecule has 0 fully saturated rings. The first-order valence-corrected chi connectivity index (χ1v) is 3.96. The third kappa shape index (κ3) is 2.07. The molecule has 2 nitrogen and oxygen atoms in total. The Hall–Kier alpha value is -0.790. The lowest BCUT2D eigenvalue weighted by atomic mass is 9.94. The number of esters is 1. The summed E-state index contributed by atoms with van der Waals surface area (Å²) in [4.78, 5) is 10.9. The van der Waals surface area contributed by atoms with Gasteiger partial charge in [-0.1, -0.05) is 12.5 Å². The molecule has 62 valence electrons. The monoisotopic (exact) mass is 154 g/mol. The van der Waals surface area contributed by atoms with Crippen molar-refractivity contribution in [1.82, 2.24) is 0 Å². The maximum Gasteiger partial charge on any atom is 0.331 e. The molecule has 1 rings (SSSR count). The van der Waals surface area contributed by atoms with Gasteiger partial charge in [-0.2, -0.15) is 0 Å². The Bertz CT molecular complexity index is 202. The molecule has 0 N–H and O–H groups in total. The highest BCUT2D eigenvalue weighted by Crippen LogP contribution is 2.26. The number of carbonyl (C=O) groups is 1. The van der Waals surface area contributed by atoms with Gasteiger partial charge in [0.2, 0.25) is 0 Å². The minimum atomic E-state index is -0.294. The van der Waals surface area contributed by atoms with Crippen LogP contribution in [-0.4, -0.2) is 11.6 Å². The van der Waals surface area contributed by atoms with Gasteiger partial charge in [0.1, 0.15) is 5.60 Å². The zero-order valence-electron chi connectivity index (χ0n) is 7.31. The van der Waals surface area contributed by atoms with Gasteiger partial charge in [0.05, 0.1) is 0 Å². The van der Waals surface area contributed by atoms with E-state index in [9.17, 15) is 4.79 Å². The summed E-state index contributed by atoms with van der Waals surface area (Å²) in [6.45, 7) is 5.93. The lowest BCUT2D eigenvalue weighted by molar-refractivity contribution is -0.151. The molecule has 0 aliphatic carbocycles. The molecule has 11 heavy (non-hydrogen) atoms. The molecule has 0 radical (unpaired) electrons. The lowest BCUT2D eigenvalue weighted by Crippen LogP contribution is -2.31. The van der Waals surface area contributed by atoms with E-state index in [1.165, 1.54) is 5.57 Å². The Labute approximate surface area is 67.2 Å². The van der Waals surface area contributed by atoms with Gasteiger partial charge in [-0.15, -0.1) is 0 Å². The average molecular weight is 154 g/mol. The van der Waals surface area contributed by atoms with Crippen LogP contribution in [0.15, 0.2) is 11.6 Å². The van der Waals surface area contributed by atoms with Crippen molar-refractivity contribution in [2.45, 2.75) is 39.2 Å². The SMILES string of the molecule is CCC1=CC(=O)OC(C)(C)C1. The molecule has 0 amide bonds. The summed E-state index contributed by atoms with van der Waals surface area (Å²) >= 11 is 0. The second kappa shape index (κ2) is 2.68. The van der Waals surface area contributed by atoms with Crippen molar-refractivity contribution in [3.05, 3.63) is 11.6 Å². The molecule has 0 bridgehead atoms. The Kier molecular flexibility index (Phi) is 2.03. The van der Waals surface area contributed by atoms with Crippen LogP contribution in [0, 0.1) is 0 Å². The van der Waals surface area contributed by atoms with Crippen LogP contribution in [-0.2, 0) is 9.53 Å². The van der Waals surface area contributed by atoms with Gasteiger partial charge >= 0.3 is 5.97 Å². The van der Waals surface area contributed by atoms with Crippen molar-refractivity contribution in [2.24, 2.45) is 0 Å². The number of hydrogen-bond acceptors (Lipinski definition) is 2. The third-order valence-electron chi connectivity index (χ3n) is 1.81. The van der Waals surface area contributed by atoms with Crippen molar-refractivity contribution < 1.29 is 9.53 Å². The molecule has 0 unspecified atom stereocenters. The molecule has 0 saturated heterocycles. The first-order valence-electron chi connectivity index (χ1n) is 3.96. The first-order chi connectivity index (χ1) is 5.03. The summed E-state index contributed by atoms with van der Waals surface area (Å²) in [5.41, 5.74) is 0.892. The van der Waals surface area contributed by atoms with Gasteiger partial charge in [0, 0.05) is 12.5 Å². The van der Waals surface area contributed by atoms with Crippen LogP contribution >= 0.6 is 0 Å². The zero-order chi connectivity index (χ0) is 8.48. The number of rotatable bonds is 1. The zero-order valence-corrected chi connectivity index (χ0v) is 7.31. The van der Waals surface area contributed by atoms with Crippen LogP contribution in [0.25, 0.3) is 0 Å². The molecule has 1 aliphatic heterocycles. The van der Waals surface area contributed by atoms with Gasteiger partial charge in [-0.05, 0) is 20.3 Å². The second-order valence-corrected chi connectivity index (χ2v) is 3.51. The summed E-state index contributed by atoms with van der Waals surface area (Å²) < 4.78 is 5.09. The lowest BCUT2D eigenvalue weighted by Gasteiger charge is -2.29. The van der Waals surface area contributed by atoms with Gasteiger partial charge < -0.3 is 4.74 Å². The van der Waals surface area contributed by atoms with Crippen molar-refractivity contribution in [3.8, 4) is 0 Å². The number of ether oxygens (including phenoxy) is 1. The molecule has 0 atom stereocenters. The third-order valence-corrected chi connectivity index (χ3v) is 1.81. The van der Waals surface area contributed by atoms with E-state index in [0.29, 0.717) is 0 Å². The number of carbonyl (C=O) groups excluding carboxylic acids is 1. The van der Waals surface area contributed by atoms with Crippen molar-refractivity contribution in [2.75, 3.05) is 0 Å². The predicted molar refractivity (Wildman–Crippen MR) is 43.2 cm³/mol.